The number of likely N-dealkylation sites (tertiary alicyclic amines) is 1. The second-order valence-corrected chi connectivity index (χ2v) is 6.94. The van der Waals surface area contributed by atoms with Gasteiger partial charge in [0.05, 0.1) is 5.54 Å². The van der Waals surface area contributed by atoms with Crippen molar-refractivity contribution in [3.63, 3.8) is 0 Å². The normalized spacial score (nSPS) is 22.6. The Balaban J connectivity index is 1.84. The highest BCUT2D eigenvalue weighted by Crippen LogP contribution is 2.30. The summed E-state index contributed by atoms with van der Waals surface area (Å²) in [6.45, 7) is 5.78. The predicted molar refractivity (Wildman–Crippen MR) is 82.5 cm³/mol. The number of hydrogen-bond donors (Lipinski definition) is 2. The standard InChI is InChI=1S/C16H29N3O2/c1-12(2)15(21)19-9-5-13(6-10-19)14(20)18-16(11-17)7-3-4-8-16/h12-13H,3-11,17H2,1-2H3,(H,18,20). The van der Waals surface area contributed by atoms with Crippen LogP contribution in [0.3, 0.4) is 0 Å². The number of carbonyl (C=O) groups is 2. The fourth-order valence-corrected chi connectivity index (χ4v) is 3.52. The Morgan fingerprint density at radius 2 is 1.81 bits per heavy atom. The van der Waals surface area contributed by atoms with Gasteiger partial charge in [-0.2, -0.15) is 0 Å². The number of hydrogen-bond acceptors (Lipinski definition) is 3. The van der Waals surface area contributed by atoms with E-state index in [0.29, 0.717) is 19.6 Å². The Labute approximate surface area is 127 Å². The maximum absolute atomic E-state index is 12.5. The lowest BCUT2D eigenvalue weighted by atomic mass is 9.91. The highest BCUT2D eigenvalue weighted by molar-refractivity contribution is 5.81. The highest BCUT2D eigenvalue weighted by Gasteiger charge is 2.36. The van der Waals surface area contributed by atoms with Crippen LogP contribution in [-0.2, 0) is 9.59 Å². The molecule has 1 aliphatic carbocycles. The minimum Gasteiger partial charge on any atom is -0.349 e. The van der Waals surface area contributed by atoms with Crippen molar-refractivity contribution < 1.29 is 9.59 Å². The van der Waals surface area contributed by atoms with E-state index in [4.69, 9.17) is 5.73 Å². The molecule has 0 aromatic carbocycles. The molecule has 21 heavy (non-hydrogen) atoms. The van der Waals surface area contributed by atoms with Crippen molar-refractivity contribution in [3.8, 4) is 0 Å². The molecule has 2 aliphatic rings. The van der Waals surface area contributed by atoms with Crippen LogP contribution in [0.15, 0.2) is 0 Å². The van der Waals surface area contributed by atoms with E-state index in [2.05, 4.69) is 5.32 Å². The summed E-state index contributed by atoms with van der Waals surface area (Å²) in [5.74, 6) is 0.404. The van der Waals surface area contributed by atoms with E-state index in [1.54, 1.807) is 0 Å². The van der Waals surface area contributed by atoms with Gasteiger partial charge in [0.1, 0.15) is 0 Å². The second-order valence-electron chi connectivity index (χ2n) is 6.94. The quantitative estimate of drug-likeness (QED) is 0.820. The molecule has 2 rings (SSSR count). The smallest absolute Gasteiger partial charge is 0.225 e. The Bertz CT molecular complexity index is 381. The molecular weight excluding hydrogens is 266 g/mol. The zero-order valence-electron chi connectivity index (χ0n) is 13.4. The van der Waals surface area contributed by atoms with Gasteiger partial charge in [-0.1, -0.05) is 26.7 Å². The number of nitrogens with zero attached hydrogens (tertiary/aromatic N) is 1. The van der Waals surface area contributed by atoms with Gasteiger partial charge in [0.15, 0.2) is 0 Å². The Kier molecular flexibility index (Phi) is 5.25. The minimum absolute atomic E-state index is 0.0326. The predicted octanol–water partition coefficient (Wildman–Crippen LogP) is 1.27. The summed E-state index contributed by atoms with van der Waals surface area (Å²) >= 11 is 0. The lowest BCUT2D eigenvalue weighted by molar-refractivity contribution is -0.138. The SMILES string of the molecule is CC(C)C(=O)N1CCC(C(=O)NC2(CN)CCCC2)CC1. The molecule has 1 heterocycles. The van der Waals surface area contributed by atoms with Crippen LogP contribution in [0.4, 0.5) is 0 Å². The zero-order chi connectivity index (χ0) is 15.5. The van der Waals surface area contributed by atoms with Gasteiger partial charge in [-0.15, -0.1) is 0 Å². The van der Waals surface area contributed by atoms with E-state index >= 15 is 0 Å². The van der Waals surface area contributed by atoms with Crippen molar-refractivity contribution in [3.05, 3.63) is 0 Å². The summed E-state index contributed by atoms with van der Waals surface area (Å²) in [6.07, 6.45) is 5.84. The number of nitrogens with two attached hydrogens (primary N) is 1. The van der Waals surface area contributed by atoms with Crippen LogP contribution in [0.2, 0.25) is 0 Å². The van der Waals surface area contributed by atoms with E-state index < -0.39 is 0 Å². The van der Waals surface area contributed by atoms with Gasteiger partial charge < -0.3 is 16.0 Å². The van der Waals surface area contributed by atoms with Gasteiger partial charge in [0.2, 0.25) is 11.8 Å². The molecule has 120 valence electrons. The lowest BCUT2D eigenvalue weighted by Crippen LogP contribution is -2.54. The summed E-state index contributed by atoms with van der Waals surface area (Å²) in [4.78, 5) is 26.3. The van der Waals surface area contributed by atoms with E-state index in [1.165, 1.54) is 0 Å². The third-order valence-corrected chi connectivity index (χ3v) is 5.01. The van der Waals surface area contributed by atoms with Crippen LogP contribution < -0.4 is 11.1 Å². The summed E-state index contributed by atoms with van der Waals surface area (Å²) in [7, 11) is 0. The Hall–Kier alpha value is -1.10. The molecule has 0 bridgehead atoms. The zero-order valence-corrected chi connectivity index (χ0v) is 13.4. The van der Waals surface area contributed by atoms with Crippen LogP contribution in [0, 0.1) is 11.8 Å². The van der Waals surface area contributed by atoms with E-state index in [1.807, 2.05) is 18.7 Å². The van der Waals surface area contributed by atoms with Crippen molar-refractivity contribution in [2.75, 3.05) is 19.6 Å². The van der Waals surface area contributed by atoms with Crippen LogP contribution >= 0.6 is 0 Å². The molecule has 2 amide bonds. The van der Waals surface area contributed by atoms with Crippen LogP contribution in [0.25, 0.3) is 0 Å². The molecule has 1 saturated heterocycles. The van der Waals surface area contributed by atoms with E-state index in [-0.39, 0.29) is 29.2 Å². The van der Waals surface area contributed by atoms with Crippen LogP contribution in [-0.4, -0.2) is 41.9 Å². The molecule has 0 aromatic rings. The lowest BCUT2D eigenvalue weighted by Gasteiger charge is -2.35. The Morgan fingerprint density at radius 1 is 1.24 bits per heavy atom. The number of rotatable bonds is 4. The molecule has 1 saturated carbocycles. The molecule has 1 aliphatic heterocycles. The first-order valence-electron chi connectivity index (χ1n) is 8.28. The first kappa shape index (κ1) is 16.3. The van der Waals surface area contributed by atoms with Crippen molar-refractivity contribution in [1.82, 2.24) is 10.2 Å². The third-order valence-electron chi connectivity index (χ3n) is 5.01. The largest absolute Gasteiger partial charge is 0.349 e. The molecule has 3 N–H and O–H groups in total. The fraction of sp³-hybridized carbons (Fsp3) is 0.875. The van der Waals surface area contributed by atoms with Crippen LogP contribution in [0.1, 0.15) is 52.4 Å². The molecule has 0 radical (unpaired) electrons. The molecule has 5 heteroatoms. The summed E-state index contributed by atoms with van der Waals surface area (Å²) in [5, 5.41) is 3.21. The molecular formula is C16H29N3O2. The van der Waals surface area contributed by atoms with Gasteiger partial charge in [0.25, 0.3) is 0 Å². The first-order chi connectivity index (χ1) is 9.97. The number of piperidine rings is 1. The maximum Gasteiger partial charge on any atom is 0.225 e. The minimum atomic E-state index is -0.165. The number of amides is 2. The molecule has 5 nitrogen and oxygen atoms in total. The average molecular weight is 295 g/mol. The van der Waals surface area contributed by atoms with Crippen molar-refractivity contribution >= 4 is 11.8 Å². The van der Waals surface area contributed by atoms with Gasteiger partial charge in [-0.05, 0) is 25.7 Å². The van der Waals surface area contributed by atoms with Gasteiger partial charge in [-0.3, -0.25) is 9.59 Å². The summed E-state index contributed by atoms with van der Waals surface area (Å²) in [6, 6.07) is 0. The van der Waals surface area contributed by atoms with Gasteiger partial charge in [0, 0.05) is 31.5 Å². The molecule has 0 aromatic heterocycles. The Morgan fingerprint density at radius 3 is 2.29 bits per heavy atom. The summed E-state index contributed by atoms with van der Waals surface area (Å²) < 4.78 is 0. The first-order valence-corrected chi connectivity index (χ1v) is 8.28. The fourth-order valence-electron chi connectivity index (χ4n) is 3.52. The van der Waals surface area contributed by atoms with E-state index in [0.717, 1.165) is 38.5 Å². The van der Waals surface area contributed by atoms with Crippen molar-refractivity contribution in [1.29, 1.82) is 0 Å². The molecule has 0 spiro atoms. The maximum atomic E-state index is 12.5. The second kappa shape index (κ2) is 6.77. The highest BCUT2D eigenvalue weighted by atomic mass is 16.2. The van der Waals surface area contributed by atoms with Gasteiger partial charge in [-0.25, -0.2) is 0 Å². The van der Waals surface area contributed by atoms with Gasteiger partial charge >= 0.3 is 0 Å². The topological polar surface area (TPSA) is 75.4 Å². The molecule has 0 atom stereocenters. The third kappa shape index (κ3) is 3.76. The summed E-state index contributed by atoms with van der Waals surface area (Å²) in [5.41, 5.74) is 5.71. The average Bonchev–Trinajstić information content (AvgIpc) is 2.95. The van der Waals surface area contributed by atoms with Crippen molar-refractivity contribution in [2.45, 2.75) is 57.9 Å². The monoisotopic (exact) mass is 295 g/mol. The van der Waals surface area contributed by atoms with E-state index in [9.17, 15) is 9.59 Å². The molecule has 0 unspecified atom stereocenters. The van der Waals surface area contributed by atoms with Crippen LogP contribution in [0.5, 0.6) is 0 Å². The van der Waals surface area contributed by atoms with Crippen molar-refractivity contribution in [2.24, 2.45) is 17.6 Å². The number of nitrogens with one attached hydrogen (secondary N) is 1. The molecule has 2 fully saturated rings. The number of carbonyl (C=O) groups excluding carboxylic acids is 2.